The Balaban J connectivity index is 2.06. The van der Waals surface area contributed by atoms with E-state index in [1.54, 1.807) is 0 Å². The van der Waals surface area contributed by atoms with Crippen molar-refractivity contribution in [1.29, 1.82) is 0 Å². The highest BCUT2D eigenvalue weighted by Gasteiger charge is 2.26. The zero-order valence-corrected chi connectivity index (χ0v) is 11.0. The van der Waals surface area contributed by atoms with Crippen molar-refractivity contribution in [2.24, 2.45) is 0 Å². The van der Waals surface area contributed by atoms with Gasteiger partial charge in [-0.25, -0.2) is 4.39 Å². The topological polar surface area (TPSA) is 38.3 Å². The lowest BCUT2D eigenvalue weighted by Gasteiger charge is -2.16. The lowest BCUT2D eigenvalue weighted by molar-refractivity contribution is 0.0866. The molecule has 1 aliphatic heterocycles. The van der Waals surface area contributed by atoms with Crippen LogP contribution in [0.1, 0.15) is 23.7 Å². The average molecular weight is 302 g/mol. The summed E-state index contributed by atoms with van der Waals surface area (Å²) in [7, 11) is 0. The van der Waals surface area contributed by atoms with Crippen LogP contribution < -0.4 is 5.32 Å². The Morgan fingerprint density at radius 1 is 1.59 bits per heavy atom. The van der Waals surface area contributed by atoms with Crippen LogP contribution in [0, 0.1) is 5.82 Å². The van der Waals surface area contributed by atoms with Crippen LogP contribution >= 0.6 is 15.9 Å². The first-order valence-electron chi connectivity index (χ1n) is 5.45. The largest absolute Gasteiger partial charge is 0.376 e. The van der Waals surface area contributed by atoms with E-state index in [4.69, 9.17) is 4.74 Å². The van der Waals surface area contributed by atoms with Gasteiger partial charge in [0.25, 0.3) is 5.91 Å². The van der Waals surface area contributed by atoms with Crippen LogP contribution in [0.15, 0.2) is 22.7 Å². The summed E-state index contributed by atoms with van der Waals surface area (Å²) >= 11 is 3.06. The third-order valence-electron chi connectivity index (χ3n) is 2.87. The fourth-order valence-corrected chi connectivity index (χ4v) is 2.19. The van der Waals surface area contributed by atoms with Crippen molar-refractivity contribution in [2.75, 3.05) is 6.61 Å². The zero-order chi connectivity index (χ0) is 12.4. The van der Waals surface area contributed by atoms with E-state index in [0.717, 1.165) is 6.42 Å². The molecule has 3 nitrogen and oxygen atoms in total. The fraction of sp³-hybridized carbons (Fsp3) is 0.417. The molecule has 1 aromatic carbocycles. The molecule has 2 unspecified atom stereocenters. The number of carbonyl (C=O) groups is 1. The third kappa shape index (κ3) is 2.84. The number of rotatable bonds is 2. The number of amides is 1. The van der Waals surface area contributed by atoms with Crippen molar-refractivity contribution in [1.82, 2.24) is 5.32 Å². The molecule has 1 aliphatic rings. The van der Waals surface area contributed by atoms with Gasteiger partial charge in [-0.2, -0.15) is 0 Å². The number of nitrogens with one attached hydrogen (secondary N) is 1. The van der Waals surface area contributed by atoms with Gasteiger partial charge in [-0.1, -0.05) is 0 Å². The van der Waals surface area contributed by atoms with Crippen molar-refractivity contribution >= 4 is 21.8 Å². The molecule has 1 N–H and O–H groups in total. The van der Waals surface area contributed by atoms with Gasteiger partial charge in [-0.15, -0.1) is 0 Å². The molecule has 2 rings (SSSR count). The standard InChI is InChI=1S/C12H13BrFNO2/c1-7-11(4-5-17-7)15-12(16)8-2-3-10(14)9(13)6-8/h2-3,6-7,11H,4-5H2,1H3,(H,15,16). The summed E-state index contributed by atoms with van der Waals surface area (Å²) in [5, 5.41) is 2.88. The predicted octanol–water partition coefficient (Wildman–Crippen LogP) is 2.50. The van der Waals surface area contributed by atoms with E-state index >= 15 is 0 Å². The van der Waals surface area contributed by atoms with Gasteiger partial charge < -0.3 is 10.1 Å². The lowest BCUT2D eigenvalue weighted by Crippen LogP contribution is -2.39. The molecular weight excluding hydrogens is 289 g/mol. The maximum atomic E-state index is 13.0. The Bertz CT molecular complexity index is 439. The maximum absolute atomic E-state index is 13.0. The lowest BCUT2D eigenvalue weighted by atomic mass is 10.1. The van der Waals surface area contributed by atoms with Crippen LogP contribution in [0.5, 0.6) is 0 Å². The number of hydrogen-bond acceptors (Lipinski definition) is 2. The molecule has 1 aromatic rings. The van der Waals surface area contributed by atoms with Gasteiger partial charge in [0.05, 0.1) is 16.6 Å². The van der Waals surface area contributed by atoms with E-state index in [0.29, 0.717) is 16.6 Å². The summed E-state index contributed by atoms with van der Waals surface area (Å²) in [6.45, 7) is 2.59. The predicted molar refractivity (Wildman–Crippen MR) is 65.4 cm³/mol. The van der Waals surface area contributed by atoms with E-state index < -0.39 is 0 Å². The van der Waals surface area contributed by atoms with Gasteiger partial charge in [0.1, 0.15) is 5.82 Å². The van der Waals surface area contributed by atoms with Gasteiger partial charge in [-0.3, -0.25) is 4.79 Å². The summed E-state index contributed by atoms with van der Waals surface area (Å²) in [6.07, 6.45) is 0.845. The Hall–Kier alpha value is -0.940. The van der Waals surface area contributed by atoms with Crippen molar-refractivity contribution in [3.63, 3.8) is 0 Å². The summed E-state index contributed by atoms with van der Waals surface area (Å²) in [6, 6.07) is 4.25. The number of ether oxygens (including phenoxy) is 1. The van der Waals surface area contributed by atoms with Crippen molar-refractivity contribution in [2.45, 2.75) is 25.5 Å². The van der Waals surface area contributed by atoms with Crippen LogP contribution in [0.4, 0.5) is 4.39 Å². The molecular formula is C12H13BrFNO2. The molecule has 1 amide bonds. The van der Waals surface area contributed by atoms with Crippen molar-refractivity contribution in [3.05, 3.63) is 34.1 Å². The first-order valence-corrected chi connectivity index (χ1v) is 6.25. The SMILES string of the molecule is CC1OCCC1NC(=O)c1ccc(F)c(Br)c1. The van der Waals surface area contributed by atoms with Gasteiger partial charge in [-0.05, 0) is 47.5 Å². The molecule has 0 saturated carbocycles. The van der Waals surface area contributed by atoms with E-state index in [9.17, 15) is 9.18 Å². The van der Waals surface area contributed by atoms with E-state index in [1.807, 2.05) is 6.92 Å². The van der Waals surface area contributed by atoms with E-state index in [1.165, 1.54) is 18.2 Å². The molecule has 2 atom stereocenters. The van der Waals surface area contributed by atoms with Crippen LogP contribution in [0.3, 0.4) is 0 Å². The molecule has 1 heterocycles. The Morgan fingerprint density at radius 3 is 2.94 bits per heavy atom. The second kappa shape index (κ2) is 5.14. The van der Waals surface area contributed by atoms with Gasteiger partial charge in [0.2, 0.25) is 0 Å². The quantitative estimate of drug-likeness (QED) is 0.911. The molecule has 17 heavy (non-hydrogen) atoms. The second-order valence-electron chi connectivity index (χ2n) is 4.07. The van der Waals surface area contributed by atoms with E-state index in [-0.39, 0.29) is 23.9 Å². The minimum atomic E-state index is -0.376. The van der Waals surface area contributed by atoms with Crippen molar-refractivity contribution in [3.8, 4) is 0 Å². The second-order valence-corrected chi connectivity index (χ2v) is 4.93. The minimum absolute atomic E-state index is 0.0304. The normalized spacial score (nSPS) is 23.7. The third-order valence-corrected chi connectivity index (χ3v) is 3.48. The minimum Gasteiger partial charge on any atom is -0.376 e. The number of halogens is 2. The Labute approximate surface area is 107 Å². The van der Waals surface area contributed by atoms with Crippen LogP contribution in [-0.2, 0) is 4.74 Å². The molecule has 0 spiro atoms. The summed E-state index contributed by atoms with van der Waals surface area (Å²) in [5.41, 5.74) is 0.442. The smallest absolute Gasteiger partial charge is 0.251 e. The average Bonchev–Trinajstić information content (AvgIpc) is 2.68. The summed E-state index contributed by atoms with van der Waals surface area (Å²) in [5.74, 6) is -0.577. The van der Waals surface area contributed by atoms with Crippen LogP contribution in [0.2, 0.25) is 0 Å². The Kier molecular flexibility index (Phi) is 3.79. The summed E-state index contributed by atoms with van der Waals surface area (Å²) in [4.78, 5) is 11.9. The van der Waals surface area contributed by atoms with Gasteiger partial charge in [0, 0.05) is 12.2 Å². The van der Waals surface area contributed by atoms with Gasteiger partial charge >= 0.3 is 0 Å². The van der Waals surface area contributed by atoms with E-state index in [2.05, 4.69) is 21.2 Å². The fourth-order valence-electron chi connectivity index (χ4n) is 1.81. The molecule has 1 saturated heterocycles. The number of carbonyl (C=O) groups excluding carboxylic acids is 1. The molecule has 0 aromatic heterocycles. The maximum Gasteiger partial charge on any atom is 0.251 e. The first-order chi connectivity index (χ1) is 8.08. The molecule has 0 bridgehead atoms. The molecule has 0 aliphatic carbocycles. The number of hydrogen-bond donors (Lipinski definition) is 1. The summed E-state index contributed by atoms with van der Waals surface area (Å²) < 4.78 is 18.7. The molecule has 1 fully saturated rings. The molecule has 92 valence electrons. The molecule has 5 heteroatoms. The highest BCUT2D eigenvalue weighted by atomic mass is 79.9. The van der Waals surface area contributed by atoms with Crippen LogP contribution in [0.25, 0.3) is 0 Å². The monoisotopic (exact) mass is 301 g/mol. The van der Waals surface area contributed by atoms with Gasteiger partial charge in [0.15, 0.2) is 0 Å². The van der Waals surface area contributed by atoms with Crippen LogP contribution in [-0.4, -0.2) is 24.7 Å². The highest BCUT2D eigenvalue weighted by Crippen LogP contribution is 2.18. The Morgan fingerprint density at radius 2 is 2.35 bits per heavy atom. The first kappa shape index (κ1) is 12.5. The zero-order valence-electron chi connectivity index (χ0n) is 9.37. The van der Waals surface area contributed by atoms with Crippen molar-refractivity contribution < 1.29 is 13.9 Å². The number of benzene rings is 1. The highest BCUT2D eigenvalue weighted by molar-refractivity contribution is 9.10. The molecule has 0 radical (unpaired) electrons.